The topological polar surface area (TPSA) is 42.1 Å². The minimum absolute atomic E-state index is 0.692. The van der Waals surface area contributed by atoms with E-state index >= 15 is 0 Å². The first kappa shape index (κ1) is 12.0. The van der Waals surface area contributed by atoms with E-state index in [0.717, 1.165) is 23.7 Å². The van der Waals surface area contributed by atoms with Gasteiger partial charge in [-0.25, -0.2) is 0 Å². The van der Waals surface area contributed by atoms with Crippen molar-refractivity contribution in [3.05, 3.63) is 30.5 Å². The van der Waals surface area contributed by atoms with Crippen LogP contribution in [-0.2, 0) is 0 Å². The maximum absolute atomic E-state index is 6.30. The average Bonchev–Trinajstić information content (AvgIpc) is 2.96. The van der Waals surface area contributed by atoms with E-state index in [0.29, 0.717) is 6.04 Å². The molecule has 0 amide bonds. The molecule has 2 fully saturated rings. The van der Waals surface area contributed by atoms with Crippen LogP contribution in [0.15, 0.2) is 30.5 Å². The van der Waals surface area contributed by atoms with Gasteiger partial charge in [-0.2, -0.15) is 0 Å². The summed E-state index contributed by atoms with van der Waals surface area (Å²) in [5, 5.41) is 1.21. The van der Waals surface area contributed by atoms with Gasteiger partial charge in [-0.3, -0.25) is 4.98 Å². The molecule has 2 aromatic rings. The summed E-state index contributed by atoms with van der Waals surface area (Å²) in [6.07, 6.45) is 8.59. The second kappa shape index (κ2) is 4.65. The van der Waals surface area contributed by atoms with Crippen LogP contribution in [0.1, 0.15) is 32.1 Å². The fourth-order valence-corrected chi connectivity index (χ4v) is 4.19. The number of para-hydroxylation sites is 1. The predicted octanol–water partition coefficient (Wildman–Crippen LogP) is 3.59. The summed E-state index contributed by atoms with van der Waals surface area (Å²) in [5.74, 6) is 0.870. The Morgan fingerprint density at radius 1 is 1.10 bits per heavy atom. The molecule has 2 unspecified atom stereocenters. The second-order valence-electron chi connectivity index (χ2n) is 6.17. The zero-order valence-corrected chi connectivity index (χ0v) is 11.8. The molecule has 1 aromatic heterocycles. The molecule has 1 aliphatic carbocycles. The molecule has 1 saturated heterocycles. The van der Waals surface area contributed by atoms with Crippen molar-refractivity contribution in [2.45, 2.75) is 38.1 Å². The van der Waals surface area contributed by atoms with E-state index in [-0.39, 0.29) is 0 Å². The van der Waals surface area contributed by atoms with Crippen LogP contribution < -0.4 is 10.6 Å². The average molecular weight is 267 g/mol. The first-order valence-electron chi connectivity index (χ1n) is 7.74. The van der Waals surface area contributed by atoms with Gasteiger partial charge in [0.25, 0.3) is 0 Å². The Kier molecular flexibility index (Phi) is 2.79. The number of rotatable bonds is 1. The number of fused-ring (bicyclic) bond motifs is 2. The number of nitrogen functional groups attached to an aromatic ring is 1. The van der Waals surface area contributed by atoms with Crippen molar-refractivity contribution in [2.75, 3.05) is 17.2 Å². The largest absolute Gasteiger partial charge is 0.396 e. The highest BCUT2D eigenvalue weighted by Gasteiger charge is 2.36. The molecule has 104 valence electrons. The lowest BCUT2D eigenvalue weighted by atomic mass is 9.91. The summed E-state index contributed by atoms with van der Waals surface area (Å²) in [6, 6.07) is 9.06. The fraction of sp³-hybridized carbons (Fsp3) is 0.471. The predicted molar refractivity (Wildman–Crippen MR) is 83.9 cm³/mol. The zero-order valence-electron chi connectivity index (χ0n) is 11.8. The van der Waals surface area contributed by atoms with E-state index in [1.807, 2.05) is 12.3 Å². The molecule has 0 radical (unpaired) electrons. The Morgan fingerprint density at radius 3 is 2.90 bits per heavy atom. The Labute approximate surface area is 119 Å². The molecule has 1 aromatic carbocycles. The van der Waals surface area contributed by atoms with E-state index in [9.17, 15) is 0 Å². The quantitative estimate of drug-likeness (QED) is 0.858. The minimum atomic E-state index is 0.692. The highest BCUT2D eigenvalue weighted by Crippen LogP contribution is 2.42. The van der Waals surface area contributed by atoms with Crippen LogP contribution in [0.5, 0.6) is 0 Å². The van der Waals surface area contributed by atoms with Crippen molar-refractivity contribution < 1.29 is 0 Å². The Morgan fingerprint density at radius 2 is 1.95 bits per heavy atom. The van der Waals surface area contributed by atoms with Crippen LogP contribution in [-0.4, -0.2) is 17.6 Å². The molecule has 3 nitrogen and oxygen atoms in total. The maximum Gasteiger partial charge on any atom is 0.0745 e. The van der Waals surface area contributed by atoms with Crippen molar-refractivity contribution >= 4 is 22.3 Å². The van der Waals surface area contributed by atoms with Crippen LogP contribution in [0.4, 0.5) is 11.4 Å². The number of hydrogen-bond donors (Lipinski definition) is 1. The summed E-state index contributed by atoms with van der Waals surface area (Å²) >= 11 is 0. The molecular formula is C17H21N3. The van der Waals surface area contributed by atoms with Gasteiger partial charge in [-0.05, 0) is 37.7 Å². The van der Waals surface area contributed by atoms with Crippen molar-refractivity contribution in [2.24, 2.45) is 5.92 Å². The molecule has 4 rings (SSSR count). The van der Waals surface area contributed by atoms with Crippen LogP contribution in [0.2, 0.25) is 0 Å². The third-order valence-corrected chi connectivity index (χ3v) is 5.06. The summed E-state index contributed by atoms with van der Waals surface area (Å²) in [6.45, 7) is 1.14. The van der Waals surface area contributed by atoms with E-state index in [1.54, 1.807) is 0 Å². The zero-order chi connectivity index (χ0) is 13.5. The Bertz CT molecular complexity index is 637. The van der Waals surface area contributed by atoms with Gasteiger partial charge in [0, 0.05) is 18.0 Å². The first-order valence-corrected chi connectivity index (χ1v) is 7.74. The SMILES string of the molecule is Nc1cnc2ccccc2c1N1CCCC2CCCC21. The Balaban J connectivity index is 1.86. The van der Waals surface area contributed by atoms with Gasteiger partial charge in [-0.1, -0.05) is 24.6 Å². The number of nitrogens with zero attached hydrogens (tertiary/aromatic N) is 2. The number of hydrogen-bond acceptors (Lipinski definition) is 3. The van der Waals surface area contributed by atoms with Gasteiger partial charge in [0.1, 0.15) is 0 Å². The van der Waals surface area contributed by atoms with Gasteiger partial charge in [-0.15, -0.1) is 0 Å². The lowest BCUT2D eigenvalue weighted by Crippen LogP contribution is -2.43. The van der Waals surface area contributed by atoms with E-state index in [2.05, 4.69) is 28.1 Å². The van der Waals surface area contributed by atoms with E-state index in [4.69, 9.17) is 5.73 Å². The number of pyridine rings is 1. The van der Waals surface area contributed by atoms with Gasteiger partial charge in [0.2, 0.25) is 0 Å². The van der Waals surface area contributed by atoms with Gasteiger partial charge >= 0.3 is 0 Å². The first-order chi connectivity index (χ1) is 9.84. The summed E-state index contributed by atoms with van der Waals surface area (Å²) in [5.41, 5.74) is 9.41. The van der Waals surface area contributed by atoms with Crippen LogP contribution >= 0.6 is 0 Å². The second-order valence-corrected chi connectivity index (χ2v) is 6.17. The molecular weight excluding hydrogens is 246 g/mol. The number of nitrogens with two attached hydrogens (primary N) is 1. The molecule has 2 aliphatic rings. The van der Waals surface area contributed by atoms with Crippen molar-refractivity contribution in [1.82, 2.24) is 4.98 Å². The molecule has 20 heavy (non-hydrogen) atoms. The van der Waals surface area contributed by atoms with Crippen molar-refractivity contribution in [3.8, 4) is 0 Å². The van der Waals surface area contributed by atoms with Crippen LogP contribution in [0, 0.1) is 5.92 Å². The lowest BCUT2D eigenvalue weighted by molar-refractivity contribution is 0.363. The minimum Gasteiger partial charge on any atom is -0.396 e. The number of aromatic nitrogens is 1. The summed E-state index contributed by atoms with van der Waals surface area (Å²) < 4.78 is 0. The van der Waals surface area contributed by atoms with Crippen LogP contribution in [0.3, 0.4) is 0 Å². The fourth-order valence-electron chi connectivity index (χ4n) is 4.19. The summed E-state index contributed by atoms with van der Waals surface area (Å²) in [7, 11) is 0. The molecule has 3 heteroatoms. The molecule has 0 bridgehead atoms. The Hall–Kier alpha value is -1.77. The molecule has 2 atom stereocenters. The highest BCUT2D eigenvalue weighted by atomic mass is 15.2. The summed E-state index contributed by atoms with van der Waals surface area (Å²) in [4.78, 5) is 7.05. The maximum atomic E-state index is 6.30. The van der Waals surface area contributed by atoms with Gasteiger partial charge in [0.05, 0.1) is 23.1 Å². The van der Waals surface area contributed by atoms with Gasteiger partial charge < -0.3 is 10.6 Å². The van der Waals surface area contributed by atoms with Crippen LogP contribution in [0.25, 0.3) is 10.9 Å². The van der Waals surface area contributed by atoms with Crippen molar-refractivity contribution in [1.29, 1.82) is 0 Å². The molecule has 1 saturated carbocycles. The smallest absolute Gasteiger partial charge is 0.0745 e. The van der Waals surface area contributed by atoms with E-state index < -0.39 is 0 Å². The monoisotopic (exact) mass is 267 g/mol. The van der Waals surface area contributed by atoms with Gasteiger partial charge in [0.15, 0.2) is 0 Å². The third-order valence-electron chi connectivity index (χ3n) is 5.06. The molecule has 1 aliphatic heterocycles. The standard InChI is InChI=1S/C17H21N3/c18-14-11-19-15-8-2-1-7-13(15)17(14)20-10-4-6-12-5-3-9-16(12)20/h1-2,7-8,11-12,16H,3-6,9-10,18H2. The molecule has 0 spiro atoms. The number of piperidine rings is 1. The number of anilines is 2. The highest BCUT2D eigenvalue weighted by molar-refractivity contribution is 5.97. The normalized spacial score (nSPS) is 25.9. The lowest BCUT2D eigenvalue weighted by Gasteiger charge is -2.40. The van der Waals surface area contributed by atoms with Crippen molar-refractivity contribution in [3.63, 3.8) is 0 Å². The number of benzene rings is 1. The molecule has 2 N–H and O–H groups in total. The molecule has 2 heterocycles. The third kappa shape index (κ3) is 1.76. The van der Waals surface area contributed by atoms with E-state index in [1.165, 1.54) is 43.2 Å².